The lowest BCUT2D eigenvalue weighted by Crippen LogP contribution is -2.01. The Kier molecular flexibility index (Phi) is 3.25. The minimum Gasteiger partial charge on any atom is -0.495 e. The van der Waals surface area contributed by atoms with Gasteiger partial charge in [-0.05, 0) is 49.0 Å². The van der Waals surface area contributed by atoms with Crippen LogP contribution in [0.1, 0.15) is 5.56 Å². The summed E-state index contributed by atoms with van der Waals surface area (Å²) in [6.07, 6.45) is 0. The van der Waals surface area contributed by atoms with E-state index in [9.17, 15) is 8.78 Å². The van der Waals surface area contributed by atoms with Crippen LogP contribution in [0.4, 0.5) is 8.78 Å². The quantitative estimate of drug-likeness (QED) is 0.716. The predicted molar refractivity (Wildman–Crippen MR) is 79.7 cm³/mol. The third-order valence-corrected chi connectivity index (χ3v) is 3.60. The summed E-state index contributed by atoms with van der Waals surface area (Å²) in [5.41, 5.74) is 2.03. The highest BCUT2D eigenvalue weighted by Gasteiger charge is 2.17. The van der Waals surface area contributed by atoms with Gasteiger partial charge in [0.05, 0.1) is 18.3 Å². The molecule has 0 radical (unpaired) electrons. The minimum atomic E-state index is -0.941. The molecule has 3 rings (SSSR count). The van der Waals surface area contributed by atoms with Crippen LogP contribution < -0.4 is 4.74 Å². The molecule has 6 heteroatoms. The SMILES string of the molecule is COc1ccc(C)cc1-n1c(=S)[nH]c2ccc(F)c(F)c21. The van der Waals surface area contributed by atoms with Gasteiger partial charge in [0.1, 0.15) is 11.3 Å². The van der Waals surface area contributed by atoms with Gasteiger partial charge in [0.15, 0.2) is 16.4 Å². The molecule has 3 aromatic rings. The van der Waals surface area contributed by atoms with E-state index in [0.29, 0.717) is 17.0 Å². The van der Waals surface area contributed by atoms with E-state index in [-0.39, 0.29) is 10.3 Å². The summed E-state index contributed by atoms with van der Waals surface area (Å²) in [6, 6.07) is 7.98. The molecule has 0 aliphatic heterocycles. The number of methoxy groups -OCH3 is 1. The number of ether oxygens (including phenoxy) is 1. The van der Waals surface area contributed by atoms with Crippen molar-refractivity contribution in [3.63, 3.8) is 0 Å². The molecule has 1 aromatic heterocycles. The molecule has 2 aromatic carbocycles. The molecule has 108 valence electrons. The van der Waals surface area contributed by atoms with E-state index >= 15 is 0 Å². The van der Waals surface area contributed by atoms with Gasteiger partial charge in [-0.1, -0.05) is 6.07 Å². The van der Waals surface area contributed by atoms with Crippen LogP contribution in [0.25, 0.3) is 16.7 Å². The van der Waals surface area contributed by atoms with Crippen LogP contribution in [-0.4, -0.2) is 16.7 Å². The van der Waals surface area contributed by atoms with E-state index in [2.05, 4.69) is 4.98 Å². The number of nitrogens with one attached hydrogen (secondary N) is 1. The van der Waals surface area contributed by atoms with Crippen molar-refractivity contribution < 1.29 is 13.5 Å². The number of aryl methyl sites for hydroxylation is 1. The first-order valence-corrected chi connectivity index (χ1v) is 6.67. The van der Waals surface area contributed by atoms with Crippen LogP contribution >= 0.6 is 12.2 Å². The van der Waals surface area contributed by atoms with Gasteiger partial charge in [0.25, 0.3) is 0 Å². The standard InChI is InChI=1S/C15H12F2N2OS/c1-8-3-6-12(20-2)11(7-8)19-14-10(18-15(19)21)5-4-9(16)13(14)17/h3-7H,1-2H3,(H,18,21). The summed E-state index contributed by atoms with van der Waals surface area (Å²) < 4.78 is 34.8. The molecular formula is C15H12F2N2OS. The monoisotopic (exact) mass is 306 g/mol. The van der Waals surface area contributed by atoms with Crippen LogP contribution in [0.3, 0.4) is 0 Å². The fourth-order valence-corrected chi connectivity index (χ4v) is 2.64. The number of imidazole rings is 1. The van der Waals surface area contributed by atoms with Crippen molar-refractivity contribution in [1.82, 2.24) is 9.55 Å². The Bertz CT molecular complexity index is 899. The van der Waals surface area contributed by atoms with E-state index in [0.717, 1.165) is 11.6 Å². The van der Waals surface area contributed by atoms with E-state index in [1.165, 1.54) is 17.7 Å². The van der Waals surface area contributed by atoms with Crippen molar-refractivity contribution in [1.29, 1.82) is 0 Å². The first-order valence-electron chi connectivity index (χ1n) is 6.26. The fourth-order valence-electron chi connectivity index (χ4n) is 2.34. The normalized spacial score (nSPS) is 11.0. The number of H-pyrrole nitrogens is 1. The largest absolute Gasteiger partial charge is 0.495 e. The topological polar surface area (TPSA) is 29.9 Å². The van der Waals surface area contributed by atoms with Gasteiger partial charge < -0.3 is 9.72 Å². The molecule has 0 atom stereocenters. The smallest absolute Gasteiger partial charge is 0.184 e. The molecule has 0 fully saturated rings. The first kappa shape index (κ1) is 13.8. The third kappa shape index (κ3) is 2.12. The Morgan fingerprint density at radius 1 is 1.19 bits per heavy atom. The summed E-state index contributed by atoms with van der Waals surface area (Å²) >= 11 is 5.25. The van der Waals surface area contributed by atoms with E-state index in [1.807, 2.05) is 19.1 Å². The summed E-state index contributed by atoms with van der Waals surface area (Å²) in [7, 11) is 1.52. The molecule has 0 saturated heterocycles. The van der Waals surface area contributed by atoms with Crippen molar-refractivity contribution in [3.8, 4) is 11.4 Å². The summed E-state index contributed by atoms with van der Waals surface area (Å²) in [5.74, 6) is -1.33. The Morgan fingerprint density at radius 2 is 1.95 bits per heavy atom. The lowest BCUT2D eigenvalue weighted by Gasteiger charge is -2.11. The number of aromatic amines is 1. The van der Waals surface area contributed by atoms with Gasteiger partial charge >= 0.3 is 0 Å². The van der Waals surface area contributed by atoms with Crippen LogP contribution in [0.2, 0.25) is 0 Å². The maximum Gasteiger partial charge on any atom is 0.184 e. The lowest BCUT2D eigenvalue weighted by molar-refractivity contribution is 0.412. The average molecular weight is 306 g/mol. The molecule has 0 saturated carbocycles. The molecule has 1 heterocycles. The van der Waals surface area contributed by atoms with Gasteiger partial charge in [0, 0.05) is 0 Å². The lowest BCUT2D eigenvalue weighted by atomic mass is 10.2. The molecule has 0 bridgehead atoms. The zero-order chi connectivity index (χ0) is 15.1. The zero-order valence-corrected chi connectivity index (χ0v) is 12.2. The van der Waals surface area contributed by atoms with Crippen molar-refractivity contribution in [2.24, 2.45) is 0 Å². The van der Waals surface area contributed by atoms with Gasteiger partial charge in [-0.3, -0.25) is 4.57 Å². The molecule has 21 heavy (non-hydrogen) atoms. The van der Waals surface area contributed by atoms with E-state index < -0.39 is 11.6 Å². The van der Waals surface area contributed by atoms with Gasteiger partial charge in [-0.2, -0.15) is 0 Å². The van der Waals surface area contributed by atoms with Crippen LogP contribution in [0.5, 0.6) is 5.75 Å². The number of rotatable bonds is 2. The minimum absolute atomic E-state index is 0.0731. The van der Waals surface area contributed by atoms with Crippen molar-refractivity contribution >= 4 is 23.3 Å². The second-order valence-corrected chi connectivity index (χ2v) is 5.09. The molecular weight excluding hydrogens is 294 g/mol. The Hall–Kier alpha value is -2.21. The zero-order valence-electron chi connectivity index (χ0n) is 11.4. The number of nitrogens with zero attached hydrogens (tertiary/aromatic N) is 1. The van der Waals surface area contributed by atoms with Crippen LogP contribution in [-0.2, 0) is 0 Å². The highest BCUT2D eigenvalue weighted by Crippen LogP contribution is 2.30. The first-order chi connectivity index (χ1) is 10.0. The second-order valence-electron chi connectivity index (χ2n) is 4.70. The molecule has 0 unspecified atom stereocenters. The predicted octanol–water partition coefficient (Wildman–Crippen LogP) is 4.28. The van der Waals surface area contributed by atoms with Crippen molar-refractivity contribution in [3.05, 3.63) is 52.3 Å². The van der Waals surface area contributed by atoms with E-state index in [4.69, 9.17) is 17.0 Å². The highest BCUT2D eigenvalue weighted by atomic mass is 32.1. The average Bonchev–Trinajstić information content (AvgIpc) is 2.80. The maximum absolute atomic E-state index is 14.2. The number of halogens is 2. The van der Waals surface area contributed by atoms with Crippen molar-refractivity contribution in [2.75, 3.05) is 7.11 Å². The third-order valence-electron chi connectivity index (χ3n) is 3.31. The molecule has 3 nitrogen and oxygen atoms in total. The van der Waals surface area contributed by atoms with Crippen LogP contribution in [0.15, 0.2) is 30.3 Å². The summed E-state index contributed by atoms with van der Waals surface area (Å²) in [6.45, 7) is 1.90. The Balaban J connectivity index is 2.46. The van der Waals surface area contributed by atoms with Gasteiger partial charge in [-0.25, -0.2) is 8.78 Å². The number of benzene rings is 2. The summed E-state index contributed by atoms with van der Waals surface area (Å²) in [5, 5.41) is 0. The van der Waals surface area contributed by atoms with Gasteiger partial charge in [0.2, 0.25) is 0 Å². The highest BCUT2D eigenvalue weighted by molar-refractivity contribution is 7.71. The molecule has 0 aliphatic rings. The molecule has 1 N–H and O–H groups in total. The number of aromatic nitrogens is 2. The number of fused-ring (bicyclic) bond motifs is 1. The number of hydrogen-bond acceptors (Lipinski definition) is 2. The Labute approximate surface area is 124 Å². The molecule has 0 aliphatic carbocycles. The summed E-state index contributed by atoms with van der Waals surface area (Å²) in [4.78, 5) is 2.88. The number of hydrogen-bond donors (Lipinski definition) is 1. The molecule has 0 amide bonds. The fraction of sp³-hybridized carbons (Fsp3) is 0.133. The van der Waals surface area contributed by atoms with Crippen molar-refractivity contribution in [2.45, 2.75) is 6.92 Å². The van der Waals surface area contributed by atoms with Gasteiger partial charge in [-0.15, -0.1) is 0 Å². The second kappa shape index (κ2) is 4.96. The van der Waals surface area contributed by atoms with E-state index in [1.54, 1.807) is 6.07 Å². The Morgan fingerprint density at radius 3 is 2.67 bits per heavy atom. The maximum atomic E-state index is 14.2. The molecule has 0 spiro atoms. The van der Waals surface area contributed by atoms with Crippen LogP contribution in [0, 0.1) is 23.3 Å².